The number of quaternary nitrogens is 1. The van der Waals surface area contributed by atoms with Gasteiger partial charge in [0.05, 0.1) is 6.04 Å². The molecular formula is C16H24ClN2O+. The lowest BCUT2D eigenvalue weighted by atomic mass is 10.1. The maximum Gasteiger partial charge on any atom is 0.282 e. The summed E-state index contributed by atoms with van der Waals surface area (Å²) in [4.78, 5) is 12.2. The third-order valence-electron chi connectivity index (χ3n) is 3.97. The van der Waals surface area contributed by atoms with Gasteiger partial charge in [-0.15, -0.1) is 0 Å². The molecule has 1 atom stereocenters. The zero-order valence-corrected chi connectivity index (χ0v) is 12.8. The van der Waals surface area contributed by atoms with Gasteiger partial charge in [0.15, 0.2) is 6.04 Å². The number of rotatable bonds is 4. The highest BCUT2D eigenvalue weighted by molar-refractivity contribution is 6.30. The van der Waals surface area contributed by atoms with Crippen LogP contribution in [-0.4, -0.2) is 18.0 Å². The molecule has 0 unspecified atom stereocenters. The lowest BCUT2D eigenvalue weighted by Crippen LogP contribution is -2.96. The zero-order valence-electron chi connectivity index (χ0n) is 12.1. The summed E-state index contributed by atoms with van der Waals surface area (Å²) in [6.07, 6.45) is 7.73. The first-order valence-corrected chi connectivity index (χ1v) is 7.94. The molecule has 1 aliphatic rings. The lowest BCUT2D eigenvalue weighted by molar-refractivity contribution is -0.707. The summed E-state index contributed by atoms with van der Waals surface area (Å²) in [5.41, 5.74) is 0.767. The fourth-order valence-corrected chi connectivity index (χ4v) is 3.01. The number of hydrogen-bond acceptors (Lipinski definition) is 1. The highest BCUT2D eigenvalue weighted by Crippen LogP contribution is 2.16. The van der Waals surface area contributed by atoms with Crippen LogP contribution in [0.1, 0.15) is 45.4 Å². The molecule has 0 heterocycles. The lowest BCUT2D eigenvalue weighted by Gasteiger charge is -2.18. The van der Waals surface area contributed by atoms with Gasteiger partial charge in [0.25, 0.3) is 5.91 Å². The third-order valence-corrected chi connectivity index (χ3v) is 4.20. The number of halogens is 1. The summed E-state index contributed by atoms with van der Waals surface area (Å²) in [6, 6.07) is 7.82. The molecule has 2 rings (SSSR count). The van der Waals surface area contributed by atoms with E-state index in [1.54, 1.807) is 12.1 Å². The topological polar surface area (TPSA) is 45.7 Å². The number of hydrogen-bond donors (Lipinski definition) is 2. The van der Waals surface area contributed by atoms with E-state index in [4.69, 9.17) is 11.6 Å². The van der Waals surface area contributed by atoms with Crippen molar-refractivity contribution in [3.8, 4) is 0 Å². The van der Waals surface area contributed by atoms with Gasteiger partial charge in [-0.2, -0.15) is 0 Å². The second kappa shape index (κ2) is 7.65. The number of benzene rings is 1. The van der Waals surface area contributed by atoms with Gasteiger partial charge in [0.2, 0.25) is 0 Å². The highest BCUT2D eigenvalue weighted by Gasteiger charge is 2.22. The van der Waals surface area contributed by atoms with E-state index in [1.807, 2.05) is 19.1 Å². The molecule has 0 saturated heterocycles. The third kappa shape index (κ3) is 4.80. The van der Waals surface area contributed by atoms with Gasteiger partial charge >= 0.3 is 0 Å². The first-order chi connectivity index (χ1) is 9.65. The largest absolute Gasteiger partial charge is 0.334 e. The van der Waals surface area contributed by atoms with Crippen LogP contribution >= 0.6 is 11.6 Å². The van der Waals surface area contributed by atoms with Gasteiger partial charge in [-0.3, -0.25) is 4.79 Å². The van der Waals surface area contributed by atoms with Gasteiger partial charge in [-0.25, -0.2) is 0 Å². The van der Waals surface area contributed by atoms with E-state index >= 15 is 0 Å². The molecule has 1 aromatic carbocycles. The maximum atomic E-state index is 12.2. The number of amides is 1. The van der Waals surface area contributed by atoms with Crippen LogP contribution in [0.15, 0.2) is 24.3 Å². The average molecular weight is 296 g/mol. The van der Waals surface area contributed by atoms with E-state index in [-0.39, 0.29) is 11.9 Å². The van der Waals surface area contributed by atoms with Crippen LogP contribution in [0.25, 0.3) is 0 Å². The Kier molecular flexibility index (Phi) is 5.86. The van der Waals surface area contributed by atoms with Crippen molar-refractivity contribution in [3.05, 3.63) is 29.3 Å². The van der Waals surface area contributed by atoms with Crippen molar-refractivity contribution in [2.75, 3.05) is 5.32 Å². The standard InChI is InChI=1S/C16H23ClN2O/c1-12(18-14-8-4-2-3-5-9-14)16(20)19-15-10-6-7-13(17)11-15/h6-7,10-12,14,18H,2-5,8-9H2,1H3,(H,19,20)/p+1/t12-/m1/s1. The number of carbonyl (C=O) groups excluding carboxylic acids is 1. The van der Waals surface area contributed by atoms with E-state index in [0.29, 0.717) is 11.1 Å². The minimum absolute atomic E-state index is 0.0523. The Bertz CT molecular complexity index is 442. The molecule has 1 fully saturated rings. The Hall–Kier alpha value is -1.06. The summed E-state index contributed by atoms with van der Waals surface area (Å²) in [6.45, 7) is 1.98. The summed E-state index contributed by atoms with van der Waals surface area (Å²) < 4.78 is 0. The Labute approximate surface area is 126 Å². The molecule has 0 bridgehead atoms. The van der Waals surface area contributed by atoms with Crippen molar-refractivity contribution in [3.63, 3.8) is 0 Å². The molecule has 110 valence electrons. The van der Waals surface area contributed by atoms with Crippen LogP contribution < -0.4 is 10.6 Å². The Balaban J connectivity index is 1.85. The number of nitrogens with one attached hydrogen (secondary N) is 1. The molecule has 1 aliphatic carbocycles. The van der Waals surface area contributed by atoms with Gasteiger partial charge in [0, 0.05) is 10.7 Å². The normalized spacial score (nSPS) is 18.3. The summed E-state index contributed by atoms with van der Waals surface area (Å²) >= 11 is 5.92. The van der Waals surface area contributed by atoms with Gasteiger partial charge in [-0.05, 0) is 50.8 Å². The minimum Gasteiger partial charge on any atom is -0.334 e. The molecule has 0 radical (unpaired) electrons. The maximum absolute atomic E-state index is 12.2. The molecular weight excluding hydrogens is 272 g/mol. The monoisotopic (exact) mass is 295 g/mol. The van der Waals surface area contributed by atoms with Crippen molar-refractivity contribution in [2.24, 2.45) is 0 Å². The van der Waals surface area contributed by atoms with Crippen molar-refractivity contribution in [1.29, 1.82) is 0 Å². The van der Waals surface area contributed by atoms with Crippen molar-refractivity contribution in [2.45, 2.75) is 57.5 Å². The SMILES string of the molecule is C[C@@H]([NH2+]C1CCCCCC1)C(=O)Nc1cccc(Cl)c1. The van der Waals surface area contributed by atoms with Gasteiger partial charge < -0.3 is 10.6 Å². The summed E-state index contributed by atoms with van der Waals surface area (Å²) in [5, 5.41) is 5.80. The zero-order chi connectivity index (χ0) is 14.4. The summed E-state index contributed by atoms with van der Waals surface area (Å²) in [7, 11) is 0. The molecule has 1 amide bonds. The molecule has 1 saturated carbocycles. The number of anilines is 1. The number of nitrogens with two attached hydrogens (primary N) is 1. The van der Waals surface area contributed by atoms with Crippen LogP contribution in [0.2, 0.25) is 5.02 Å². The molecule has 20 heavy (non-hydrogen) atoms. The highest BCUT2D eigenvalue weighted by atomic mass is 35.5. The molecule has 0 spiro atoms. The van der Waals surface area contributed by atoms with E-state index in [1.165, 1.54) is 38.5 Å². The van der Waals surface area contributed by atoms with Gasteiger partial charge in [0.1, 0.15) is 0 Å². The van der Waals surface area contributed by atoms with Crippen LogP contribution in [0.3, 0.4) is 0 Å². The first-order valence-electron chi connectivity index (χ1n) is 7.56. The smallest absolute Gasteiger partial charge is 0.282 e. The second-order valence-electron chi connectivity index (χ2n) is 5.73. The van der Waals surface area contributed by atoms with Crippen LogP contribution in [-0.2, 0) is 4.79 Å². The Morgan fingerprint density at radius 3 is 2.65 bits per heavy atom. The van der Waals surface area contributed by atoms with E-state index in [0.717, 1.165) is 5.69 Å². The molecule has 3 N–H and O–H groups in total. The Morgan fingerprint density at radius 2 is 2.00 bits per heavy atom. The van der Waals surface area contributed by atoms with Crippen LogP contribution in [0, 0.1) is 0 Å². The predicted octanol–water partition coefficient (Wildman–Crippen LogP) is 2.95. The van der Waals surface area contributed by atoms with E-state index < -0.39 is 0 Å². The van der Waals surface area contributed by atoms with Crippen LogP contribution in [0.4, 0.5) is 5.69 Å². The summed E-state index contributed by atoms with van der Waals surface area (Å²) in [5.74, 6) is 0.0523. The predicted molar refractivity (Wildman–Crippen MR) is 83.0 cm³/mol. The molecule has 4 heteroatoms. The fraction of sp³-hybridized carbons (Fsp3) is 0.562. The Morgan fingerprint density at radius 1 is 1.30 bits per heavy atom. The quantitative estimate of drug-likeness (QED) is 0.824. The van der Waals surface area contributed by atoms with E-state index in [9.17, 15) is 4.79 Å². The average Bonchev–Trinajstić information content (AvgIpc) is 2.67. The van der Waals surface area contributed by atoms with Crippen molar-refractivity contribution >= 4 is 23.2 Å². The van der Waals surface area contributed by atoms with Crippen molar-refractivity contribution in [1.82, 2.24) is 0 Å². The second-order valence-corrected chi connectivity index (χ2v) is 6.17. The molecule has 0 aliphatic heterocycles. The van der Waals surface area contributed by atoms with Crippen LogP contribution in [0.5, 0.6) is 0 Å². The van der Waals surface area contributed by atoms with Crippen molar-refractivity contribution < 1.29 is 10.1 Å². The molecule has 0 aromatic heterocycles. The molecule has 1 aromatic rings. The molecule has 3 nitrogen and oxygen atoms in total. The minimum atomic E-state index is -0.0583. The van der Waals surface area contributed by atoms with E-state index in [2.05, 4.69) is 10.6 Å². The number of carbonyl (C=O) groups is 1. The van der Waals surface area contributed by atoms with Gasteiger partial charge in [-0.1, -0.05) is 30.5 Å². The first kappa shape index (κ1) is 15.3. The fourth-order valence-electron chi connectivity index (χ4n) is 2.82.